The molecule has 0 aromatic rings. The van der Waals surface area contributed by atoms with Gasteiger partial charge in [0.1, 0.15) is 12.7 Å². The van der Waals surface area contributed by atoms with Crippen LogP contribution in [0.1, 0.15) is 129 Å². The lowest BCUT2D eigenvalue weighted by atomic mass is 10.2. The maximum atomic E-state index is 12.1. The lowest BCUT2D eigenvalue weighted by Crippen LogP contribution is -2.27. The number of aliphatic hydroxyl groups excluding tert-OH is 1. The number of esters is 1. The van der Waals surface area contributed by atoms with E-state index in [-0.39, 0.29) is 32.1 Å². The Balaban J connectivity index is 3.80. The van der Waals surface area contributed by atoms with Crippen LogP contribution in [0, 0.1) is 0 Å². The average Bonchev–Trinajstić information content (AvgIpc) is 3.17. The Morgan fingerprint density at radius 3 is 1.49 bits per heavy atom. The van der Waals surface area contributed by atoms with E-state index in [4.69, 9.17) is 13.8 Å². The first-order chi connectivity index (χ1) is 26.8. The van der Waals surface area contributed by atoms with Crippen molar-refractivity contribution >= 4 is 19.7 Å². The largest absolute Gasteiger partial charge is 0.472 e. The topological polar surface area (TPSA) is 131 Å². The summed E-state index contributed by atoms with van der Waals surface area (Å²) in [6.07, 6.45) is 53.2. The van der Waals surface area contributed by atoms with Crippen LogP contribution in [0.3, 0.4) is 0 Å². The minimum Gasteiger partial charge on any atom is -0.463 e. The molecule has 0 saturated heterocycles. The van der Waals surface area contributed by atoms with Crippen molar-refractivity contribution in [2.45, 2.75) is 136 Å². The molecule has 310 valence electrons. The molecule has 0 heterocycles. The van der Waals surface area contributed by atoms with Crippen molar-refractivity contribution in [3.8, 4) is 0 Å². The molecule has 0 aliphatic heterocycles. The summed E-state index contributed by atoms with van der Waals surface area (Å²) in [5.74, 6) is -0.645. The van der Waals surface area contributed by atoms with E-state index < -0.39 is 26.5 Å². The number of aliphatic hydroxyl groups is 1. The van der Waals surface area contributed by atoms with Gasteiger partial charge in [0.25, 0.3) is 0 Å². The zero-order chi connectivity index (χ0) is 40.3. The molecule has 55 heavy (non-hydrogen) atoms. The predicted octanol–water partition coefficient (Wildman–Crippen LogP) is 11.2. The van der Waals surface area contributed by atoms with E-state index in [0.717, 1.165) is 64.2 Å². The van der Waals surface area contributed by atoms with E-state index in [1.54, 1.807) is 0 Å². The van der Waals surface area contributed by atoms with Crippen molar-refractivity contribution < 1.29 is 37.9 Å². The number of amides is 1. The normalized spacial score (nSPS) is 14.5. The van der Waals surface area contributed by atoms with Crippen molar-refractivity contribution in [2.75, 3.05) is 26.4 Å². The first kappa shape index (κ1) is 51.7. The van der Waals surface area contributed by atoms with Crippen molar-refractivity contribution in [3.05, 3.63) is 109 Å². The van der Waals surface area contributed by atoms with E-state index in [2.05, 4.69) is 122 Å². The molecule has 0 aromatic heterocycles. The number of carbonyl (C=O) groups is 2. The third kappa shape index (κ3) is 41.7. The Morgan fingerprint density at radius 1 is 0.582 bits per heavy atom. The van der Waals surface area contributed by atoms with Crippen LogP contribution in [0.2, 0.25) is 0 Å². The van der Waals surface area contributed by atoms with Crippen LogP contribution in [0.15, 0.2) is 109 Å². The van der Waals surface area contributed by atoms with Crippen LogP contribution in [0.5, 0.6) is 0 Å². The number of ether oxygens (including phenoxy) is 1. The molecule has 3 N–H and O–H groups in total. The highest BCUT2D eigenvalue weighted by atomic mass is 31.2. The minimum atomic E-state index is -4.45. The minimum absolute atomic E-state index is 0.0373. The zero-order valence-corrected chi connectivity index (χ0v) is 34.7. The Hall–Kier alpha value is -3.33. The second kappa shape index (κ2) is 40.3. The molecule has 9 nitrogen and oxygen atoms in total. The van der Waals surface area contributed by atoms with Crippen LogP contribution in [0.4, 0.5) is 0 Å². The molecule has 0 aromatic carbocycles. The second-order valence-electron chi connectivity index (χ2n) is 12.9. The highest BCUT2D eigenvalue weighted by Gasteiger charge is 2.23. The monoisotopic (exact) mass is 785 g/mol. The number of unbranched alkanes of at least 4 members (excludes halogenated alkanes) is 5. The molecule has 0 fully saturated rings. The number of phosphoric ester groups is 1. The summed E-state index contributed by atoms with van der Waals surface area (Å²) in [6.45, 7) is 3.24. The molecule has 0 spiro atoms. The Labute approximate surface area is 333 Å². The third-order valence-corrected chi connectivity index (χ3v) is 8.67. The third-order valence-electron chi connectivity index (χ3n) is 7.69. The fourth-order valence-electron chi connectivity index (χ4n) is 4.64. The van der Waals surface area contributed by atoms with Gasteiger partial charge in [0, 0.05) is 19.4 Å². The molecule has 0 saturated carbocycles. The molecular formula is C45H72NO8P. The van der Waals surface area contributed by atoms with Gasteiger partial charge in [0.2, 0.25) is 5.91 Å². The number of phosphoric acid groups is 1. The fraction of sp³-hybridized carbons (Fsp3) is 0.556. The molecule has 2 unspecified atom stereocenters. The summed E-state index contributed by atoms with van der Waals surface area (Å²) < 4.78 is 26.7. The smallest absolute Gasteiger partial charge is 0.463 e. The van der Waals surface area contributed by atoms with Crippen molar-refractivity contribution in [1.29, 1.82) is 0 Å². The Bertz CT molecular complexity index is 1260. The lowest BCUT2D eigenvalue weighted by Gasteiger charge is -2.15. The van der Waals surface area contributed by atoms with Gasteiger partial charge in [-0.05, 0) is 89.9 Å². The molecule has 1 amide bonds. The zero-order valence-electron chi connectivity index (χ0n) is 33.8. The highest BCUT2D eigenvalue weighted by molar-refractivity contribution is 7.47. The van der Waals surface area contributed by atoms with Gasteiger partial charge < -0.3 is 20.1 Å². The summed E-state index contributed by atoms with van der Waals surface area (Å²) in [7, 11) is -4.45. The standard InChI is InChI=1S/C45H72NO8P/c1-3-5-7-9-11-13-15-17-19-21-23-25-27-29-31-33-35-37-44(48)46-39-40-53-55(50,51)54-42-43(47)41-52-45(49)38-36-34-32-30-28-26-24-22-20-18-16-14-12-10-8-6-4-2/h5,7,11-14,17-20,23-26,29-32,43,47H,3-4,6,8-10,15-16,21-22,27-28,33-42H2,1-2H3,(H,46,48)(H,50,51)/b7-5-,13-11-,14-12-,19-17-,20-18-,25-23-,26-24-,31-29-,32-30-. The Morgan fingerprint density at radius 2 is 1.02 bits per heavy atom. The number of hydrogen-bond acceptors (Lipinski definition) is 7. The molecule has 0 bridgehead atoms. The van der Waals surface area contributed by atoms with Crippen LogP contribution in [-0.2, 0) is 27.9 Å². The van der Waals surface area contributed by atoms with Gasteiger partial charge in [0.05, 0.1) is 13.2 Å². The summed E-state index contributed by atoms with van der Waals surface area (Å²) in [4.78, 5) is 33.8. The van der Waals surface area contributed by atoms with Crippen LogP contribution in [-0.4, -0.2) is 54.3 Å². The maximum absolute atomic E-state index is 12.1. The second-order valence-corrected chi connectivity index (χ2v) is 14.3. The van der Waals surface area contributed by atoms with Crippen molar-refractivity contribution in [1.82, 2.24) is 5.32 Å². The predicted molar refractivity (Wildman–Crippen MR) is 228 cm³/mol. The number of allylic oxidation sites excluding steroid dienone is 18. The number of nitrogens with one attached hydrogen (secondary N) is 1. The first-order valence-electron chi connectivity index (χ1n) is 20.4. The summed E-state index contributed by atoms with van der Waals surface area (Å²) in [5.41, 5.74) is 0. The molecule has 0 aliphatic rings. The van der Waals surface area contributed by atoms with E-state index in [1.807, 2.05) is 6.08 Å². The maximum Gasteiger partial charge on any atom is 0.472 e. The number of carbonyl (C=O) groups excluding carboxylic acids is 2. The van der Waals surface area contributed by atoms with Crippen LogP contribution >= 0.6 is 7.82 Å². The average molecular weight is 786 g/mol. The Kier molecular flexibility index (Phi) is 37.9. The van der Waals surface area contributed by atoms with Crippen LogP contribution < -0.4 is 5.32 Å². The quantitative estimate of drug-likeness (QED) is 0.0248. The van der Waals surface area contributed by atoms with Gasteiger partial charge in [-0.1, -0.05) is 136 Å². The van der Waals surface area contributed by atoms with Crippen molar-refractivity contribution in [2.24, 2.45) is 0 Å². The fourth-order valence-corrected chi connectivity index (χ4v) is 5.40. The number of hydrogen-bond donors (Lipinski definition) is 3. The van der Waals surface area contributed by atoms with Gasteiger partial charge in [-0.25, -0.2) is 4.57 Å². The summed E-state index contributed by atoms with van der Waals surface area (Å²) >= 11 is 0. The molecule has 2 atom stereocenters. The molecule has 0 rings (SSSR count). The molecule has 0 aliphatic carbocycles. The molecular weight excluding hydrogens is 713 g/mol. The van der Waals surface area contributed by atoms with Crippen LogP contribution in [0.25, 0.3) is 0 Å². The van der Waals surface area contributed by atoms with Gasteiger partial charge in [0.15, 0.2) is 0 Å². The van der Waals surface area contributed by atoms with Gasteiger partial charge in [-0.15, -0.1) is 0 Å². The van der Waals surface area contributed by atoms with Gasteiger partial charge in [-0.2, -0.15) is 0 Å². The molecule has 10 heteroatoms. The van der Waals surface area contributed by atoms with E-state index in [1.165, 1.54) is 25.7 Å². The SMILES string of the molecule is CC/C=C\C/C=C\C/C=C\C/C=C\C/C=C\CCCC(=O)NCCOP(=O)(O)OCC(O)COC(=O)CCC/C=C\C/C=C\C/C=C\C/C=C\CCCCC. The summed E-state index contributed by atoms with van der Waals surface area (Å²) in [6, 6.07) is 0. The number of rotatable bonds is 36. The van der Waals surface area contributed by atoms with E-state index >= 15 is 0 Å². The molecule has 0 radical (unpaired) electrons. The summed E-state index contributed by atoms with van der Waals surface area (Å²) in [5, 5.41) is 12.6. The van der Waals surface area contributed by atoms with E-state index in [0.29, 0.717) is 19.3 Å². The van der Waals surface area contributed by atoms with Crippen molar-refractivity contribution in [3.63, 3.8) is 0 Å². The lowest BCUT2D eigenvalue weighted by molar-refractivity contribution is -0.147. The van der Waals surface area contributed by atoms with E-state index in [9.17, 15) is 24.2 Å². The van der Waals surface area contributed by atoms with Gasteiger partial charge in [-0.3, -0.25) is 18.6 Å². The first-order valence-corrected chi connectivity index (χ1v) is 21.9. The highest BCUT2D eigenvalue weighted by Crippen LogP contribution is 2.42. The van der Waals surface area contributed by atoms with Gasteiger partial charge >= 0.3 is 13.8 Å².